The van der Waals surface area contributed by atoms with E-state index >= 15 is 0 Å². The fourth-order valence-corrected chi connectivity index (χ4v) is 4.38. The summed E-state index contributed by atoms with van der Waals surface area (Å²) in [5.41, 5.74) is 0.505. The van der Waals surface area contributed by atoms with Gasteiger partial charge in [-0.15, -0.1) is 0 Å². The summed E-state index contributed by atoms with van der Waals surface area (Å²) >= 11 is 0. The number of hydrogen-bond acceptors (Lipinski definition) is 2. The molecule has 2 aliphatic heterocycles. The molecule has 2 heterocycles. The molecule has 0 spiro atoms. The largest absolute Gasteiger partial charge is 0.416 e. The fraction of sp³-hybridized carbons (Fsp3) is 0.714. The molecule has 146 valence electrons. The first kappa shape index (κ1) is 19.7. The molecule has 3 rings (SSSR count). The lowest BCUT2D eigenvalue weighted by molar-refractivity contribution is -0.137. The molecule has 2 saturated heterocycles. The quantitative estimate of drug-likeness (QED) is 0.740. The zero-order valence-electron chi connectivity index (χ0n) is 16.2. The number of benzene rings is 1. The van der Waals surface area contributed by atoms with Crippen LogP contribution in [0.4, 0.5) is 13.2 Å². The molecule has 1 atom stereocenters. The van der Waals surface area contributed by atoms with Gasteiger partial charge in [-0.25, -0.2) is 0 Å². The Hall–Kier alpha value is -1.07. The lowest BCUT2D eigenvalue weighted by Gasteiger charge is -2.56. The second kappa shape index (κ2) is 7.16. The van der Waals surface area contributed by atoms with Crippen molar-refractivity contribution in [1.29, 1.82) is 0 Å². The number of hydrogen-bond donors (Lipinski definition) is 0. The maximum absolute atomic E-state index is 13.0. The molecule has 1 aromatic rings. The Labute approximate surface area is 155 Å². The van der Waals surface area contributed by atoms with Crippen molar-refractivity contribution in [2.75, 3.05) is 26.2 Å². The molecule has 0 N–H and O–H groups in total. The highest BCUT2D eigenvalue weighted by molar-refractivity contribution is 5.26. The van der Waals surface area contributed by atoms with Gasteiger partial charge in [0.25, 0.3) is 0 Å². The van der Waals surface area contributed by atoms with E-state index in [-0.39, 0.29) is 11.1 Å². The SMILES string of the molecule is CC(C)(C)N1CCC[C@](CCc2cccc(C(F)(F)F)c2)(N2CCC2)C1. The molecule has 0 radical (unpaired) electrons. The van der Waals surface area contributed by atoms with Gasteiger partial charge in [0.1, 0.15) is 0 Å². The van der Waals surface area contributed by atoms with Gasteiger partial charge in [-0.2, -0.15) is 13.2 Å². The minimum Gasteiger partial charge on any atom is -0.297 e. The van der Waals surface area contributed by atoms with E-state index in [1.807, 2.05) is 6.07 Å². The van der Waals surface area contributed by atoms with Crippen LogP contribution in [0.15, 0.2) is 24.3 Å². The highest BCUT2D eigenvalue weighted by Crippen LogP contribution is 2.38. The lowest BCUT2D eigenvalue weighted by Crippen LogP contribution is -2.65. The molecule has 0 saturated carbocycles. The Morgan fingerprint density at radius 3 is 2.35 bits per heavy atom. The molecule has 2 nitrogen and oxygen atoms in total. The van der Waals surface area contributed by atoms with Crippen LogP contribution < -0.4 is 0 Å². The third kappa shape index (κ3) is 4.25. The Balaban J connectivity index is 1.76. The number of halogens is 3. The maximum Gasteiger partial charge on any atom is 0.416 e. The number of likely N-dealkylation sites (tertiary alicyclic amines) is 2. The zero-order chi connectivity index (χ0) is 19.0. The van der Waals surface area contributed by atoms with Crippen molar-refractivity contribution < 1.29 is 13.2 Å². The van der Waals surface area contributed by atoms with E-state index in [1.54, 1.807) is 0 Å². The second-order valence-corrected chi connectivity index (χ2v) is 8.96. The van der Waals surface area contributed by atoms with Crippen LogP contribution in [-0.2, 0) is 12.6 Å². The van der Waals surface area contributed by atoms with Crippen LogP contribution in [0.1, 0.15) is 57.6 Å². The fourth-order valence-electron chi connectivity index (χ4n) is 4.38. The zero-order valence-corrected chi connectivity index (χ0v) is 16.2. The average Bonchev–Trinajstić information content (AvgIpc) is 2.50. The molecule has 5 heteroatoms. The van der Waals surface area contributed by atoms with E-state index in [0.29, 0.717) is 6.42 Å². The van der Waals surface area contributed by atoms with Crippen molar-refractivity contribution >= 4 is 0 Å². The van der Waals surface area contributed by atoms with Gasteiger partial charge in [-0.05, 0) is 84.1 Å². The Morgan fingerprint density at radius 1 is 1.04 bits per heavy atom. The summed E-state index contributed by atoms with van der Waals surface area (Å²) in [7, 11) is 0. The Morgan fingerprint density at radius 2 is 1.77 bits per heavy atom. The topological polar surface area (TPSA) is 6.48 Å². The first-order chi connectivity index (χ1) is 12.1. The number of nitrogens with zero attached hydrogens (tertiary/aromatic N) is 2. The normalized spacial score (nSPS) is 25.9. The van der Waals surface area contributed by atoms with Gasteiger partial charge in [0, 0.05) is 17.6 Å². The van der Waals surface area contributed by atoms with E-state index in [0.717, 1.165) is 57.1 Å². The van der Waals surface area contributed by atoms with E-state index in [2.05, 4.69) is 30.6 Å². The first-order valence-corrected chi connectivity index (χ1v) is 9.76. The van der Waals surface area contributed by atoms with Crippen LogP contribution in [0.5, 0.6) is 0 Å². The van der Waals surface area contributed by atoms with Gasteiger partial charge in [0.15, 0.2) is 0 Å². The molecule has 1 aromatic carbocycles. The summed E-state index contributed by atoms with van der Waals surface area (Å²) in [6, 6.07) is 5.87. The number of alkyl halides is 3. The summed E-state index contributed by atoms with van der Waals surface area (Å²) in [5, 5.41) is 0. The summed E-state index contributed by atoms with van der Waals surface area (Å²) < 4.78 is 39.0. The third-order valence-corrected chi connectivity index (χ3v) is 6.16. The molecule has 0 bridgehead atoms. The summed E-state index contributed by atoms with van der Waals surface area (Å²) in [6.45, 7) is 11.2. The van der Waals surface area contributed by atoms with Crippen molar-refractivity contribution in [3.05, 3.63) is 35.4 Å². The molecule has 0 unspecified atom stereocenters. The van der Waals surface area contributed by atoms with Gasteiger partial charge in [-0.1, -0.05) is 18.2 Å². The third-order valence-electron chi connectivity index (χ3n) is 6.16. The van der Waals surface area contributed by atoms with Crippen LogP contribution in [-0.4, -0.2) is 47.1 Å². The highest BCUT2D eigenvalue weighted by Gasteiger charge is 2.44. The smallest absolute Gasteiger partial charge is 0.297 e. The number of piperidine rings is 1. The van der Waals surface area contributed by atoms with E-state index in [9.17, 15) is 13.2 Å². The summed E-state index contributed by atoms with van der Waals surface area (Å²) in [5.74, 6) is 0. The second-order valence-electron chi connectivity index (χ2n) is 8.96. The summed E-state index contributed by atoms with van der Waals surface area (Å²) in [6.07, 6.45) is 0.925. The number of aryl methyl sites for hydroxylation is 1. The van der Waals surface area contributed by atoms with Crippen LogP contribution in [0.25, 0.3) is 0 Å². The van der Waals surface area contributed by atoms with E-state index in [4.69, 9.17) is 0 Å². The van der Waals surface area contributed by atoms with Crippen LogP contribution in [0.3, 0.4) is 0 Å². The van der Waals surface area contributed by atoms with Crippen LogP contribution in [0.2, 0.25) is 0 Å². The summed E-state index contributed by atoms with van der Waals surface area (Å²) in [4.78, 5) is 5.14. The van der Waals surface area contributed by atoms with Crippen molar-refractivity contribution in [3.63, 3.8) is 0 Å². The predicted octanol–water partition coefficient (Wildman–Crippen LogP) is 4.98. The molecular weight excluding hydrogens is 337 g/mol. The minimum atomic E-state index is -4.26. The molecule has 2 fully saturated rings. The molecule has 0 amide bonds. The lowest BCUT2D eigenvalue weighted by atomic mass is 9.78. The van der Waals surface area contributed by atoms with E-state index in [1.165, 1.54) is 18.6 Å². The first-order valence-electron chi connectivity index (χ1n) is 9.76. The average molecular weight is 368 g/mol. The molecular formula is C21H31F3N2. The van der Waals surface area contributed by atoms with Crippen molar-refractivity contribution in [2.45, 2.75) is 70.1 Å². The van der Waals surface area contributed by atoms with E-state index < -0.39 is 11.7 Å². The molecule has 0 aliphatic carbocycles. The molecule has 26 heavy (non-hydrogen) atoms. The Bertz CT molecular complexity index is 616. The predicted molar refractivity (Wildman–Crippen MR) is 99.2 cm³/mol. The highest BCUT2D eigenvalue weighted by atomic mass is 19.4. The number of rotatable bonds is 4. The van der Waals surface area contributed by atoms with Crippen LogP contribution in [0, 0.1) is 0 Å². The van der Waals surface area contributed by atoms with Crippen molar-refractivity contribution in [2.24, 2.45) is 0 Å². The minimum absolute atomic E-state index is 0.109. The van der Waals surface area contributed by atoms with Gasteiger partial charge < -0.3 is 0 Å². The van der Waals surface area contributed by atoms with Gasteiger partial charge in [-0.3, -0.25) is 9.80 Å². The maximum atomic E-state index is 13.0. The van der Waals surface area contributed by atoms with Gasteiger partial charge in [0.05, 0.1) is 5.56 Å². The van der Waals surface area contributed by atoms with Gasteiger partial charge >= 0.3 is 6.18 Å². The van der Waals surface area contributed by atoms with Crippen LogP contribution >= 0.6 is 0 Å². The standard InChI is InChI=1S/C21H31F3N2/c1-19(2,3)26-12-5-10-20(16-26,25-13-6-14-25)11-9-17-7-4-8-18(15-17)21(22,23)24/h4,7-8,15H,5-6,9-14,16H2,1-3H3/t20-/m1/s1. The van der Waals surface area contributed by atoms with Crippen molar-refractivity contribution in [3.8, 4) is 0 Å². The van der Waals surface area contributed by atoms with Crippen molar-refractivity contribution in [1.82, 2.24) is 9.80 Å². The Kier molecular flexibility index (Phi) is 5.42. The molecule has 2 aliphatic rings. The monoisotopic (exact) mass is 368 g/mol. The van der Waals surface area contributed by atoms with Gasteiger partial charge in [0.2, 0.25) is 0 Å². The molecule has 0 aromatic heterocycles.